The summed E-state index contributed by atoms with van der Waals surface area (Å²) in [7, 11) is 0. The van der Waals surface area contributed by atoms with Crippen molar-refractivity contribution in [2.45, 2.75) is 39.2 Å². The second-order valence-electron chi connectivity index (χ2n) is 7.86. The van der Waals surface area contributed by atoms with Crippen LogP contribution in [0.5, 0.6) is 0 Å². The number of nitrogens with zero attached hydrogens (tertiary/aromatic N) is 5. The summed E-state index contributed by atoms with van der Waals surface area (Å²) in [5, 5.41) is 4.15. The summed E-state index contributed by atoms with van der Waals surface area (Å²) in [6.07, 6.45) is -3.28. The third-order valence-electron chi connectivity index (χ3n) is 5.40. The Morgan fingerprint density at radius 1 is 1.15 bits per heavy atom. The van der Waals surface area contributed by atoms with Crippen molar-refractivity contribution in [1.82, 2.24) is 18.9 Å². The van der Waals surface area contributed by atoms with Crippen LogP contribution < -0.4 is 10.6 Å². The number of hydrogen-bond donors (Lipinski definition) is 0. The highest BCUT2D eigenvalue weighted by molar-refractivity contribution is 5.57. The fourth-order valence-electron chi connectivity index (χ4n) is 3.85. The van der Waals surface area contributed by atoms with E-state index in [-0.39, 0.29) is 31.1 Å². The predicted molar refractivity (Wildman–Crippen MR) is 110 cm³/mol. The van der Waals surface area contributed by atoms with E-state index in [1.165, 1.54) is 16.8 Å². The van der Waals surface area contributed by atoms with E-state index < -0.39 is 30.1 Å². The number of aromatic nitrogens is 4. The molecule has 1 fully saturated rings. The first-order valence-electron chi connectivity index (χ1n) is 10.3. The van der Waals surface area contributed by atoms with E-state index in [1.54, 1.807) is 24.0 Å². The van der Waals surface area contributed by atoms with Gasteiger partial charge in [0.2, 0.25) is 0 Å². The van der Waals surface area contributed by atoms with Gasteiger partial charge in [0.1, 0.15) is 6.54 Å². The second-order valence-corrected chi connectivity index (χ2v) is 7.86. The van der Waals surface area contributed by atoms with Gasteiger partial charge in [0, 0.05) is 42.4 Å². The molecule has 0 radical (unpaired) electrons. The summed E-state index contributed by atoms with van der Waals surface area (Å²) in [6.45, 7) is 3.13. The highest BCUT2D eigenvalue weighted by atomic mass is 19.4. The molecule has 0 atom stereocenters. The Labute approximate surface area is 185 Å². The maximum Gasteiger partial charge on any atom is 0.416 e. The minimum atomic E-state index is -4.73. The van der Waals surface area contributed by atoms with Crippen LogP contribution in [0.4, 0.5) is 27.6 Å². The van der Waals surface area contributed by atoms with Gasteiger partial charge in [-0.25, -0.2) is 4.79 Å². The molecule has 2 aromatic heterocycles. The summed E-state index contributed by atoms with van der Waals surface area (Å²) < 4.78 is 76.9. The van der Waals surface area contributed by atoms with Gasteiger partial charge >= 0.3 is 18.0 Å². The largest absolute Gasteiger partial charge is 0.416 e. The minimum Gasteiger partial charge on any atom is -0.360 e. The van der Waals surface area contributed by atoms with E-state index in [1.807, 2.05) is 6.92 Å². The maximum atomic E-state index is 13.7. The molecule has 7 nitrogen and oxygen atoms in total. The Morgan fingerprint density at radius 3 is 2.52 bits per heavy atom. The molecule has 0 N–H and O–H groups in total. The van der Waals surface area contributed by atoms with Crippen LogP contribution in [0.3, 0.4) is 0 Å². The van der Waals surface area contributed by atoms with Crippen molar-refractivity contribution in [2.24, 2.45) is 0 Å². The van der Waals surface area contributed by atoms with Crippen LogP contribution in [0, 0.1) is 6.92 Å². The number of aryl methyl sites for hydroxylation is 2. The fourth-order valence-corrected chi connectivity index (χ4v) is 3.85. The number of benzene rings is 1. The van der Waals surface area contributed by atoms with E-state index in [0.717, 1.165) is 27.2 Å². The van der Waals surface area contributed by atoms with Gasteiger partial charge in [0.05, 0.1) is 30.6 Å². The smallest absolute Gasteiger partial charge is 0.360 e. The number of anilines is 1. The number of hydrogen-bond acceptors (Lipinski definition) is 4. The average Bonchev–Trinajstić information content (AvgIpc) is 3.30. The molecular weight excluding hydrogens is 449 g/mol. The van der Waals surface area contributed by atoms with Gasteiger partial charge in [-0.15, -0.1) is 0 Å². The Morgan fingerprint density at radius 2 is 1.88 bits per heavy atom. The molecular formula is C21H22F5N5O2. The first kappa shape index (κ1) is 23.0. The van der Waals surface area contributed by atoms with Crippen molar-refractivity contribution in [3.63, 3.8) is 0 Å². The van der Waals surface area contributed by atoms with Crippen molar-refractivity contribution < 1.29 is 26.7 Å². The zero-order valence-electron chi connectivity index (χ0n) is 17.9. The lowest BCUT2D eigenvalue weighted by Gasteiger charge is -2.34. The van der Waals surface area contributed by atoms with E-state index in [4.69, 9.17) is 0 Å². The highest BCUT2D eigenvalue weighted by Crippen LogP contribution is 2.35. The molecule has 0 aliphatic carbocycles. The minimum absolute atomic E-state index is 0.00729. The van der Waals surface area contributed by atoms with Crippen LogP contribution in [0.15, 0.2) is 41.6 Å². The molecule has 0 bridgehead atoms. The van der Waals surface area contributed by atoms with Crippen molar-refractivity contribution in [3.05, 3.63) is 64.1 Å². The lowest BCUT2D eigenvalue weighted by atomic mass is 10.1. The summed E-state index contributed by atoms with van der Waals surface area (Å²) in [5.41, 5.74) is -0.537. The summed E-state index contributed by atoms with van der Waals surface area (Å²) in [4.78, 5) is 14.2. The number of rotatable bonds is 5. The van der Waals surface area contributed by atoms with Crippen molar-refractivity contribution >= 4 is 5.69 Å². The maximum absolute atomic E-state index is 13.7. The van der Waals surface area contributed by atoms with Gasteiger partial charge in [-0.3, -0.25) is 13.8 Å². The van der Waals surface area contributed by atoms with Crippen molar-refractivity contribution in [2.75, 3.05) is 24.6 Å². The number of ether oxygens (including phenoxy) is 1. The molecule has 178 valence electrons. The fraction of sp³-hybridized carbons (Fsp3) is 0.429. The zero-order chi connectivity index (χ0) is 24.0. The molecule has 1 aliphatic heterocycles. The Bertz CT molecular complexity index is 1210. The molecule has 0 saturated carbocycles. The molecule has 0 amide bonds. The summed E-state index contributed by atoms with van der Waals surface area (Å²) in [5.74, 6) is 0. The van der Waals surface area contributed by atoms with Gasteiger partial charge in [-0.1, -0.05) is 0 Å². The molecule has 33 heavy (non-hydrogen) atoms. The van der Waals surface area contributed by atoms with E-state index in [0.29, 0.717) is 12.2 Å². The van der Waals surface area contributed by atoms with E-state index >= 15 is 0 Å². The Hall–Kier alpha value is -3.15. The highest BCUT2D eigenvalue weighted by Gasteiger charge is 2.38. The van der Waals surface area contributed by atoms with E-state index in [9.17, 15) is 26.7 Å². The van der Waals surface area contributed by atoms with Crippen LogP contribution in [-0.2, 0) is 24.0 Å². The molecule has 3 heterocycles. The van der Waals surface area contributed by atoms with Crippen molar-refractivity contribution in [3.8, 4) is 5.69 Å². The summed E-state index contributed by atoms with van der Waals surface area (Å²) >= 11 is 0. The lowest BCUT2D eigenvalue weighted by molar-refractivity contribution is -0.240. The van der Waals surface area contributed by atoms with E-state index in [2.05, 4.69) is 9.84 Å². The van der Waals surface area contributed by atoms with Gasteiger partial charge in [0.15, 0.2) is 0 Å². The monoisotopic (exact) mass is 471 g/mol. The average molecular weight is 471 g/mol. The molecule has 4 rings (SSSR count). The predicted octanol–water partition coefficient (Wildman–Crippen LogP) is 3.66. The van der Waals surface area contributed by atoms with Crippen LogP contribution >= 0.6 is 0 Å². The van der Waals surface area contributed by atoms with Crippen LogP contribution in [0.2, 0.25) is 0 Å². The third kappa shape index (κ3) is 4.80. The SMILES string of the molecule is CCn1cc(Cn2cc(C)n(-c3cc(N4CCOC(F)(F)C4)cc(C(F)(F)F)c3)c2=O)cn1. The Balaban J connectivity index is 1.76. The quantitative estimate of drug-likeness (QED) is 0.533. The third-order valence-corrected chi connectivity index (χ3v) is 5.40. The molecule has 0 spiro atoms. The molecule has 0 unspecified atom stereocenters. The lowest BCUT2D eigenvalue weighted by Crippen LogP contribution is -2.46. The summed E-state index contributed by atoms with van der Waals surface area (Å²) in [6, 6.07) is 2.96. The van der Waals surface area contributed by atoms with Gasteiger partial charge < -0.3 is 9.64 Å². The van der Waals surface area contributed by atoms with Gasteiger partial charge in [-0.2, -0.15) is 27.1 Å². The molecule has 12 heteroatoms. The topological polar surface area (TPSA) is 57.2 Å². The second kappa shape index (κ2) is 8.32. The first-order chi connectivity index (χ1) is 15.5. The molecule has 1 aromatic carbocycles. The van der Waals surface area contributed by atoms with Gasteiger partial charge in [-0.05, 0) is 32.0 Å². The van der Waals surface area contributed by atoms with Crippen LogP contribution in [0.1, 0.15) is 23.7 Å². The standard InChI is InChI=1S/C21H22F5N5O2/c1-3-30-12-15(9-27-30)11-29-10-14(2)31(19(29)32)18-7-16(21(24,25)26)6-17(8-18)28-4-5-33-20(22,23)13-28/h6-10,12H,3-5,11,13H2,1-2H3. The number of morpholine rings is 1. The number of imidazole rings is 1. The van der Waals surface area contributed by atoms with Crippen LogP contribution in [-0.4, -0.2) is 44.7 Å². The Kier molecular flexibility index (Phi) is 5.81. The van der Waals surface area contributed by atoms with Gasteiger partial charge in [0.25, 0.3) is 0 Å². The molecule has 1 saturated heterocycles. The van der Waals surface area contributed by atoms with Crippen LogP contribution in [0.25, 0.3) is 5.69 Å². The molecule has 3 aromatic rings. The number of alkyl halides is 5. The first-order valence-corrected chi connectivity index (χ1v) is 10.3. The number of halogens is 5. The molecule has 1 aliphatic rings. The van der Waals surface area contributed by atoms with Crippen molar-refractivity contribution in [1.29, 1.82) is 0 Å². The zero-order valence-corrected chi connectivity index (χ0v) is 17.9. The normalized spacial score (nSPS) is 16.4.